The molecule has 1 saturated carbocycles. The molecule has 0 amide bonds. The maximum absolute atomic E-state index is 6.13. The van der Waals surface area contributed by atoms with Crippen molar-refractivity contribution in [2.45, 2.75) is 31.8 Å². The fourth-order valence-electron chi connectivity index (χ4n) is 3.24. The summed E-state index contributed by atoms with van der Waals surface area (Å²) in [4.78, 5) is 0. The molecule has 0 aromatic heterocycles. The van der Waals surface area contributed by atoms with Gasteiger partial charge in [-0.25, -0.2) is 0 Å². The van der Waals surface area contributed by atoms with Crippen molar-refractivity contribution in [2.24, 2.45) is 17.1 Å². The molecule has 1 aliphatic heterocycles. The third-order valence-corrected chi connectivity index (χ3v) is 5.23. The largest absolute Gasteiger partial charge is 0.377 e. The minimum atomic E-state index is 0.158. The number of benzene rings is 1. The van der Waals surface area contributed by atoms with Crippen molar-refractivity contribution >= 4 is 15.9 Å². The minimum Gasteiger partial charge on any atom is -0.377 e. The van der Waals surface area contributed by atoms with Crippen LogP contribution in [0.2, 0.25) is 0 Å². The molecule has 0 radical (unpaired) electrons. The minimum absolute atomic E-state index is 0.158. The van der Waals surface area contributed by atoms with Gasteiger partial charge in [0.25, 0.3) is 0 Å². The van der Waals surface area contributed by atoms with Crippen molar-refractivity contribution < 1.29 is 4.74 Å². The third-order valence-electron chi connectivity index (χ3n) is 4.46. The second-order valence-electron chi connectivity index (χ2n) is 5.71. The number of rotatable bonds is 4. The van der Waals surface area contributed by atoms with Gasteiger partial charge in [-0.1, -0.05) is 34.1 Å². The van der Waals surface area contributed by atoms with Crippen molar-refractivity contribution in [2.75, 3.05) is 13.2 Å². The molecule has 98 valence electrons. The van der Waals surface area contributed by atoms with Crippen molar-refractivity contribution in [3.8, 4) is 0 Å². The van der Waals surface area contributed by atoms with Gasteiger partial charge in [0.2, 0.25) is 0 Å². The van der Waals surface area contributed by atoms with E-state index in [-0.39, 0.29) is 5.41 Å². The summed E-state index contributed by atoms with van der Waals surface area (Å²) in [6.07, 6.45) is 5.16. The predicted molar refractivity (Wildman–Crippen MR) is 76.4 cm³/mol. The molecule has 1 aromatic carbocycles. The number of hydrogen-bond donors (Lipinski definition) is 1. The second-order valence-corrected chi connectivity index (χ2v) is 6.57. The first-order valence-corrected chi connectivity index (χ1v) is 7.59. The normalized spacial score (nSPS) is 31.8. The van der Waals surface area contributed by atoms with E-state index in [1.54, 1.807) is 0 Å². The molecule has 2 N–H and O–H groups in total. The van der Waals surface area contributed by atoms with Gasteiger partial charge in [0.1, 0.15) is 0 Å². The summed E-state index contributed by atoms with van der Waals surface area (Å²) >= 11 is 3.65. The van der Waals surface area contributed by atoms with E-state index in [1.165, 1.54) is 22.9 Å². The molecule has 0 spiro atoms. The van der Waals surface area contributed by atoms with Crippen LogP contribution in [0.1, 0.15) is 24.8 Å². The van der Waals surface area contributed by atoms with E-state index in [0.717, 1.165) is 31.9 Å². The highest BCUT2D eigenvalue weighted by molar-refractivity contribution is 9.10. The van der Waals surface area contributed by atoms with Gasteiger partial charge in [-0.05, 0) is 43.2 Å². The molecule has 2 aliphatic rings. The Morgan fingerprint density at radius 1 is 1.33 bits per heavy atom. The zero-order valence-corrected chi connectivity index (χ0v) is 12.2. The fourth-order valence-corrected chi connectivity index (χ4v) is 3.67. The van der Waals surface area contributed by atoms with Crippen LogP contribution in [0, 0.1) is 11.3 Å². The molecule has 18 heavy (non-hydrogen) atoms. The lowest BCUT2D eigenvalue weighted by Gasteiger charge is -2.33. The Kier molecular flexibility index (Phi) is 3.48. The first kappa shape index (κ1) is 12.6. The lowest BCUT2D eigenvalue weighted by Crippen LogP contribution is -2.41. The van der Waals surface area contributed by atoms with Crippen molar-refractivity contribution in [1.82, 2.24) is 0 Å². The first-order valence-electron chi connectivity index (χ1n) is 6.80. The molecule has 2 atom stereocenters. The summed E-state index contributed by atoms with van der Waals surface area (Å²) in [6, 6.07) is 8.48. The van der Waals surface area contributed by atoms with Gasteiger partial charge < -0.3 is 10.5 Å². The van der Waals surface area contributed by atoms with Gasteiger partial charge in [0.15, 0.2) is 0 Å². The molecule has 1 heterocycles. The highest BCUT2D eigenvalue weighted by Crippen LogP contribution is 2.49. The molecule has 3 heteroatoms. The lowest BCUT2D eigenvalue weighted by molar-refractivity contribution is 0.0344. The molecule has 1 aromatic rings. The lowest BCUT2D eigenvalue weighted by atomic mass is 9.74. The van der Waals surface area contributed by atoms with Crippen LogP contribution >= 0.6 is 15.9 Å². The highest BCUT2D eigenvalue weighted by Gasteiger charge is 2.50. The fraction of sp³-hybridized carbons (Fsp3) is 0.600. The molecule has 1 aliphatic carbocycles. The van der Waals surface area contributed by atoms with Gasteiger partial charge in [-0.3, -0.25) is 0 Å². The smallest absolute Gasteiger partial charge is 0.0675 e. The van der Waals surface area contributed by atoms with Crippen LogP contribution in [0.3, 0.4) is 0 Å². The molecule has 3 rings (SSSR count). The number of ether oxygens (including phenoxy) is 1. The summed E-state index contributed by atoms with van der Waals surface area (Å²) in [6.45, 7) is 1.61. The Morgan fingerprint density at radius 2 is 2.11 bits per heavy atom. The van der Waals surface area contributed by atoms with E-state index < -0.39 is 0 Å². The van der Waals surface area contributed by atoms with Gasteiger partial charge in [-0.15, -0.1) is 0 Å². The standard InChI is InChI=1S/C15H20BrNO/c16-13-4-2-1-3-12(13)9-15(10-17)7-8-18-14(15)11-5-6-11/h1-4,11,14H,5-10,17H2. The summed E-state index contributed by atoms with van der Waals surface area (Å²) < 4.78 is 7.19. The highest BCUT2D eigenvalue weighted by atomic mass is 79.9. The van der Waals surface area contributed by atoms with E-state index in [9.17, 15) is 0 Å². The van der Waals surface area contributed by atoms with Crippen LogP contribution in [0.4, 0.5) is 0 Å². The summed E-state index contributed by atoms with van der Waals surface area (Å²) in [5.74, 6) is 0.763. The molecule has 2 fully saturated rings. The summed E-state index contributed by atoms with van der Waals surface area (Å²) in [7, 11) is 0. The van der Waals surface area contributed by atoms with Crippen molar-refractivity contribution in [3.05, 3.63) is 34.3 Å². The monoisotopic (exact) mass is 309 g/mol. The molecule has 2 unspecified atom stereocenters. The van der Waals surface area contributed by atoms with E-state index in [4.69, 9.17) is 10.5 Å². The Hall–Kier alpha value is -0.380. The van der Waals surface area contributed by atoms with Gasteiger partial charge in [0.05, 0.1) is 6.10 Å². The third kappa shape index (κ3) is 2.24. The zero-order chi connectivity index (χ0) is 12.6. The maximum Gasteiger partial charge on any atom is 0.0675 e. The van der Waals surface area contributed by atoms with Crippen molar-refractivity contribution in [3.63, 3.8) is 0 Å². The zero-order valence-electron chi connectivity index (χ0n) is 10.6. The van der Waals surface area contributed by atoms with E-state index >= 15 is 0 Å². The first-order chi connectivity index (χ1) is 8.75. The number of nitrogens with two attached hydrogens (primary N) is 1. The Balaban J connectivity index is 1.85. The summed E-state index contributed by atoms with van der Waals surface area (Å²) in [5.41, 5.74) is 7.65. The van der Waals surface area contributed by atoms with E-state index in [0.29, 0.717) is 6.10 Å². The average Bonchev–Trinajstić information content (AvgIpc) is 3.14. The SMILES string of the molecule is NCC1(Cc2ccccc2Br)CCOC1C1CC1. The Labute approximate surface area is 117 Å². The van der Waals surface area contributed by atoms with E-state index in [1.807, 2.05) is 0 Å². The molecule has 2 nitrogen and oxygen atoms in total. The van der Waals surface area contributed by atoms with Crippen LogP contribution in [-0.2, 0) is 11.2 Å². The molecular weight excluding hydrogens is 290 g/mol. The number of hydrogen-bond acceptors (Lipinski definition) is 2. The van der Waals surface area contributed by atoms with Crippen molar-refractivity contribution in [1.29, 1.82) is 0 Å². The van der Waals surface area contributed by atoms with Crippen LogP contribution in [-0.4, -0.2) is 19.3 Å². The maximum atomic E-state index is 6.13. The summed E-state index contributed by atoms with van der Waals surface area (Å²) in [5, 5.41) is 0. The second kappa shape index (κ2) is 4.95. The molecular formula is C15H20BrNO. The van der Waals surface area contributed by atoms with Gasteiger partial charge in [-0.2, -0.15) is 0 Å². The van der Waals surface area contributed by atoms with Crippen LogP contribution in [0.25, 0.3) is 0 Å². The Bertz CT molecular complexity index is 432. The average molecular weight is 310 g/mol. The van der Waals surface area contributed by atoms with Gasteiger partial charge >= 0.3 is 0 Å². The molecule has 0 bridgehead atoms. The van der Waals surface area contributed by atoms with Gasteiger partial charge in [0, 0.05) is 23.0 Å². The van der Waals surface area contributed by atoms with Crippen LogP contribution < -0.4 is 5.73 Å². The molecule has 1 saturated heterocycles. The quantitative estimate of drug-likeness (QED) is 0.927. The Morgan fingerprint density at radius 3 is 2.78 bits per heavy atom. The number of halogens is 1. The van der Waals surface area contributed by atoms with E-state index in [2.05, 4.69) is 40.2 Å². The van der Waals surface area contributed by atoms with Crippen LogP contribution in [0.5, 0.6) is 0 Å². The van der Waals surface area contributed by atoms with Crippen LogP contribution in [0.15, 0.2) is 28.7 Å². The topological polar surface area (TPSA) is 35.2 Å². The predicted octanol–water partition coefficient (Wildman–Crippen LogP) is 3.14.